The SMILES string of the molecule is Cn1cc(NC(=O)NC2CCCC2C(=O)OC(C)(C)C)cn1. The third kappa shape index (κ3) is 4.47. The Hall–Kier alpha value is -2.05. The maximum absolute atomic E-state index is 12.2. The molecule has 2 rings (SSSR count). The minimum absolute atomic E-state index is 0.188. The third-order valence-electron chi connectivity index (χ3n) is 3.50. The summed E-state index contributed by atoms with van der Waals surface area (Å²) in [6, 6.07) is -0.514. The van der Waals surface area contributed by atoms with Crippen molar-refractivity contribution in [3.63, 3.8) is 0 Å². The normalized spacial score (nSPS) is 21.5. The molecule has 1 aromatic heterocycles. The molecule has 1 aliphatic carbocycles. The molecule has 1 aromatic rings. The lowest BCUT2D eigenvalue weighted by molar-refractivity contribution is -0.160. The number of aryl methyl sites for hydroxylation is 1. The number of ether oxygens (including phenoxy) is 1. The maximum Gasteiger partial charge on any atom is 0.319 e. The summed E-state index contributed by atoms with van der Waals surface area (Å²) in [5.74, 6) is -0.518. The molecule has 1 saturated carbocycles. The zero-order valence-electron chi connectivity index (χ0n) is 13.5. The van der Waals surface area contributed by atoms with Crippen LogP contribution < -0.4 is 10.6 Å². The Labute approximate surface area is 130 Å². The summed E-state index contributed by atoms with van der Waals surface area (Å²) in [7, 11) is 1.78. The van der Waals surface area contributed by atoms with E-state index in [9.17, 15) is 9.59 Å². The van der Waals surface area contributed by atoms with Crippen molar-refractivity contribution in [3.8, 4) is 0 Å². The summed E-state index contributed by atoms with van der Waals surface area (Å²) < 4.78 is 7.04. The summed E-state index contributed by atoms with van der Waals surface area (Å²) in [6.45, 7) is 5.53. The van der Waals surface area contributed by atoms with Crippen molar-refractivity contribution in [3.05, 3.63) is 12.4 Å². The second-order valence-electron chi connectivity index (χ2n) is 6.68. The van der Waals surface area contributed by atoms with Gasteiger partial charge in [0.25, 0.3) is 0 Å². The number of hydrogen-bond donors (Lipinski definition) is 2. The minimum atomic E-state index is -0.512. The van der Waals surface area contributed by atoms with Gasteiger partial charge in [0.1, 0.15) is 5.60 Å². The van der Waals surface area contributed by atoms with Gasteiger partial charge in [0, 0.05) is 19.3 Å². The molecule has 122 valence electrons. The van der Waals surface area contributed by atoms with Crippen molar-refractivity contribution in [2.45, 2.75) is 51.7 Å². The van der Waals surface area contributed by atoms with Crippen molar-refractivity contribution < 1.29 is 14.3 Å². The fraction of sp³-hybridized carbons (Fsp3) is 0.667. The van der Waals surface area contributed by atoms with Crippen LogP contribution in [0.4, 0.5) is 10.5 Å². The average Bonchev–Trinajstić information content (AvgIpc) is 2.96. The fourth-order valence-electron chi connectivity index (χ4n) is 2.61. The second-order valence-corrected chi connectivity index (χ2v) is 6.68. The number of urea groups is 1. The number of carbonyl (C=O) groups is 2. The van der Waals surface area contributed by atoms with Crippen LogP contribution in [0.2, 0.25) is 0 Å². The third-order valence-corrected chi connectivity index (χ3v) is 3.50. The van der Waals surface area contributed by atoms with Gasteiger partial charge < -0.3 is 15.4 Å². The number of carbonyl (C=O) groups excluding carboxylic acids is 2. The number of nitrogens with one attached hydrogen (secondary N) is 2. The van der Waals surface area contributed by atoms with Gasteiger partial charge in [-0.25, -0.2) is 4.79 Å². The van der Waals surface area contributed by atoms with E-state index in [0.29, 0.717) is 5.69 Å². The molecule has 7 nitrogen and oxygen atoms in total. The molecular weight excluding hydrogens is 284 g/mol. The monoisotopic (exact) mass is 308 g/mol. The van der Waals surface area contributed by atoms with Gasteiger partial charge in [-0.2, -0.15) is 5.10 Å². The topological polar surface area (TPSA) is 85.2 Å². The van der Waals surface area contributed by atoms with Crippen molar-refractivity contribution in [2.75, 3.05) is 5.32 Å². The standard InChI is InChI=1S/C15H24N4O3/c1-15(2,3)22-13(20)11-6-5-7-12(11)18-14(21)17-10-8-16-19(4)9-10/h8-9,11-12H,5-7H2,1-4H3,(H2,17,18,21). The Morgan fingerprint density at radius 2 is 2.09 bits per heavy atom. The lowest BCUT2D eigenvalue weighted by Gasteiger charge is -2.25. The summed E-state index contributed by atoms with van der Waals surface area (Å²) >= 11 is 0. The number of rotatable bonds is 3. The molecule has 0 saturated heterocycles. The quantitative estimate of drug-likeness (QED) is 0.837. The first-order valence-corrected chi connectivity index (χ1v) is 7.53. The highest BCUT2D eigenvalue weighted by molar-refractivity contribution is 5.89. The van der Waals surface area contributed by atoms with Crippen LogP contribution in [0.15, 0.2) is 12.4 Å². The number of esters is 1. The van der Waals surface area contributed by atoms with Crippen LogP contribution in [0, 0.1) is 5.92 Å². The highest BCUT2D eigenvalue weighted by atomic mass is 16.6. The largest absolute Gasteiger partial charge is 0.460 e. The Kier molecular flexibility index (Phi) is 4.73. The molecule has 2 atom stereocenters. The van der Waals surface area contributed by atoms with Crippen LogP contribution in [0.25, 0.3) is 0 Å². The maximum atomic E-state index is 12.2. The van der Waals surface area contributed by atoms with Crippen LogP contribution in [0.5, 0.6) is 0 Å². The smallest absolute Gasteiger partial charge is 0.319 e. The van der Waals surface area contributed by atoms with E-state index in [2.05, 4.69) is 15.7 Å². The Balaban J connectivity index is 1.90. The van der Waals surface area contributed by atoms with Crippen LogP contribution in [-0.2, 0) is 16.6 Å². The average molecular weight is 308 g/mol. The van der Waals surface area contributed by atoms with E-state index in [-0.39, 0.29) is 24.0 Å². The first-order chi connectivity index (χ1) is 10.2. The number of amides is 2. The highest BCUT2D eigenvalue weighted by Crippen LogP contribution is 2.28. The van der Waals surface area contributed by atoms with E-state index in [1.807, 2.05) is 20.8 Å². The molecule has 2 unspecified atom stereocenters. The molecule has 0 spiro atoms. The lowest BCUT2D eigenvalue weighted by Crippen LogP contribution is -2.43. The number of hydrogen-bond acceptors (Lipinski definition) is 4. The fourth-order valence-corrected chi connectivity index (χ4v) is 2.61. The van der Waals surface area contributed by atoms with E-state index in [0.717, 1.165) is 19.3 Å². The van der Waals surface area contributed by atoms with Crippen molar-refractivity contribution in [1.29, 1.82) is 0 Å². The molecule has 7 heteroatoms. The number of anilines is 1. The van der Waals surface area contributed by atoms with Gasteiger partial charge in [-0.3, -0.25) is 9.48 Å². The zero-order valence-corrected chi connectivity index (χ0v) is 13.5. The van der Waals surface area contributed by atoms with Gasteiger partial charge in [0.2, 0.25) is 0 Å². The van der Waals surface area contributed by atoms with Gasteiger partial charge in [-0.1, -0.05) is 6.42 Å². The van der Waals surface area contributed by atoms with Gasteiger partial charge in [0.05, 0.1) is 17.8 Å². The summed E-state index contributed by atoms with van der Waals surface area (Å²) in [4.78, 5) is 24.2. The lowest BCUT2D eigenvalue weighted by atomic mass is 10.0. The van der Waals surface area contributed by atoms with Crippen LogP contribution in [0.3, 0.4) is 0 Å². The molecule has 0 aliphatic heterocycles. The number of nitrogens with zero attached hydrogens (tertiary/aromatic N) is 2. The molecule has 1 heterocycles. The van der Waals surface area contributed by atoms with Gasteiger partial charge >= 0.3 is 12.0 Å². The zero-order chi connectivity index (χ0) is 16.3. The van der Waals surface area contributed by atoms with Crippen LogP contribution in [0.1, 0.15) is 40.0 Å². The molecule has 0 aromatic carbocycles. The first-order valence-electron chi connectivity index (χ1n) is 7.53. The van der Waals surface area contributed by atoms with Gasteiger partial charge in [0.15, 0.2) is 0 Å². The molecule has 1 fully saturated rings. The van der Waals surface area contributed by atoms with Crippen LogP contribution in [-0.4, -0.2) is 33.4 Å². The molecule has 0 radical (unpaired) electrons. The summed E-state index contributed by atoms with van der Waals surface area (Å²) in [5, 5.41) is 9.56. The molecule has 1 aliphatic rings. The molecule has 2 amide bonds. The molecular formula is C15H24N4O3. The van der Waals surface area contributed by atoms with E-state index >= 15 is 0 Å². The van der Waals surface area contributed by atoms with Gasteiger partial charge in [-0.15, -0.1) is 0 Å². The summed E-state index contributed by atoms with van der Waals surface area (Å²) in [5.41, 5.74) is 0.106. The van der Waals surface area contributed by atoms with Crippen LogP contribution >= 0.6 is 0 Å². The van der Waals surface area contributed by atoms with E-state index in [1.54, 1.807) is 24.1 Å². The first kappa shape index (κ1) is 16.3. The van der Waals surface area contributed by atoms with E-state index < -0.39 is 5.60 Å². The van der Waals surface area contributed by atoms with Gasteiger partial charge in [-0.05, 0) is 33.6 Å². The van der Waals surface area contributed by atoms with Crippen molar-refractivity contribution in [2.24, 2.45) is 13.0 Å². The predicted octanol–water partition coefficient (Wildman–Crippen LogP) is 2.05. The van der Waals surface area contributed by atoms with E-state index in [1.165, 1.54) is 0 Å². The predicted molar refractivity (Wildman–Crippen MR) is 82.3 cm³/mol. The van der Waals surface area contributed by atoms with Crippen molar-refractivity contribution in [1.82, 2.24) is 15.1 Å². The Morgan fingerprint density at radius 1 is 1.36 bits per heavy atom. The summed E-state index contributed by atoms with van der Waals surface area (Å²) in [6.07, 6.45) is 5.71. The Morgan fingerprint density at radius 3 is 2.68 bits per heavy atom. The molecule has 22 heavy (non-hydrogen) atoms. The molecule has 0 bridgehead atoms. The second kappa shape index (κ2) is 6.37. The Bertz CT molecular complexity index is 547. The minimum Gasteiger partial charge on any atom is -0.460 e. The molecule has 2 N–H and O–H groups in total. The number of aromatic nitrogens is 2. The van der Waals surface area contributed by atoms with Crippen molar-refractivity contribution >= 4 is 17.7 Å². The van der Waals surface area contributed by atoms with E-state index in [4.69, 9.17) is 4.74 Å². The highest BCUT2D eigenvalue weighted by Gasteiger charge is 2.36.